The largest absolute Gasteiger partial charge is 0.384 e. The highest BCUT2D eigenvalue weighted by Gasteiger charge is 1.95. The van der Waals surface area contributed by atoms with Crippen LogP contribution in [0.1, 0.15) is 0 Å². The summed E-state index contributed by atoms with van der Waals surface area (Å²) in [5, 5.41) is 0. The van der Waals surface area contributed by atoms with E-state index in [2.05, 4.69) is 31.3 Å². The average Bonchev–Trinajstić information content (AvgIpc) is 2.13. The van der Waals surface area contributed by atoms with Gasteiger partial charge in [-0.3, -0.25) is 0 Å². The molecular weight excluding hydrogens is 179 g/mol. The quantitative estimate of drug-likeness (QED) is 0.527. The molecule has 3 heteroatoms. The van der Waals surface area contributed by atoms with Gasteiger partial charge in [0.15, 0.2) is 0 Å². The minimum atomic E-state index is -0.476. The van der Waals surface area contributed by atoms with Gasteiger partial charge in [0, 0.05) is 6.21 Å². The lowest BCUT2D eigenvalue weighted by atomic mass is 10.1. The molecule has 2 N–H and O–H groups in total. The third-order valence-electron chi connectivity index (χ3n) is 1.31. The van der Waals surface area contributed by atoms with E-state index in [1.165, 1.54) is 12.3 Å². The standard InChI is InChI=1S/C11H13FN2/c1-5-11(12)6-8(2)9(3)7-14-10(4)13/h5-7H,1-4,13H2/b11-6+,14-7-. The second-order valence-electron chi connectivity index (χ2n) is 2.53. The predicted octanol–water partition coefficient (Wildman–Crippen LogP) is 2.64. The van der Waals surface area contributed by atoms with Gasteiger partial charge in [0.2, 0.25) is 0 Å². The predicted molar refractivity (Wildman–Crippen MR) is 59.5 cm³/mol. The Hall–Kier alpha value is -1.90. The van der Waals surface area contributed by atoms with E-state index in [4.69, 9.17) is 5.73 Å². The number of halogens is 1. The average molecular weight is 192 g/mol. The lowest BCUT2D eigenvalue weighted by Crippen LogP contribution is -1.92. The highest BCUT2D eigenvalue weighted by Crippen LogP contribution is 2.09. The van der Waals surface area contributed by atoms with Gasteiger partial charge >= 0.3 is 0 Å². The Morgan fingerprint density at radius 2 is 1.79 bits per heavy atom. The topological polar surface area (TPSA) is 38.4 Å². The minimum absolute atomic E-state index is 0.159. The lowest BCUT2D eigenvalue weighted by Gasteiger charge is -1.97. The fourth-order valence-corrected chi connectivity index (χ4v) is 0.562. The van der Waals surface area contributed by atoms with Gasteiger partial charge < -0.3 is 5.73 Å². The highest BCUT2D eigenvalue weighted by molar-refractivity contribution is 5.85. The Balaban J connectivity index is 4.50. The molecule has 0 aromatic rings. The fraction of sp³-hybridized carbons (Fsp3) is 0. The molecule has 0 aliphatic rings. The highest BCUT2D eigenvalue weighted by atomic mass is 19.1. The van der Waals surface area contributed by atoms with Gasteiger partial charge in [-0.15, -0.1) is 0 Å². The molecule has 0 aliphatic carbocycles. The molecule has 0 rings (SSSR count). The first kappa shape index (κ1) is 12.1. The van der Waals surface area contributed by atoms with Crippen molar-refractivity contribution in [3.05, 3.63) is 61.3 Å². The van der Waals surface area contributed by atoms with Crippen LogP contribution in [0.5, 0.6) is 0 Å². The number of aliphatic imine (C=N–C) groups is 1. The Labute approximate surface area is 83.3 Å². The van der Waals surface area contributed by atoms with Crippen LogP contribution in [0, 0.1) is 0 Å². The lowest BCUT2D eigenvalue weighted by molar-refractivity contribution is 0.667. The second kappa shape index (κ2) is 5.70. The van der Waals surface area contributed by atoms with Crippen molar-refractivity contribution in [2.24, 2.45) is 10.7 Å². The maximum atomic E-state index is 12.7. The summed E-state index contributed by atoms with van der Waals surface area (Å²) >= 11 is 0. The van der Waals surface area contributed by atoms with Crippen molar-refractivity contribution < 1.29 is 4.39 Å². The maximum Gasteiger partial charge on any atom is 0.123 e. The van der Waals surface area contributed by atoms with Gasteiger partial charge in [-0.25, -0.2) is 9.38 Å². The van der Waals surface area contributed by atoms with E-state index >= 15 is 0 Å². The van der Waals surface area contributed by atoms with E-state index in [9.17, 15) is 4.39 Å². The van der Waals surface area contributed by atoms with Crippen molar-refractivity contribution >= 4 is 6.21 Å². The van der Waals surface area contributed by atoms with Gasteiger partial charge in [-0.2, -0.15) is 0 Å². The van der Waals surface area contributed by atoms with E-state index in [1.807, 2.05) is 0 Å². The van der Waals surface area contributed by atoms with Crippen molar-refractivity contribution in [2.75, 3.05) is 0 Å². The number of hydrogen-bond donors (Lipinski definition) is 1. The van der Waals surface area contributed by atoms with Crippen LogP contribution < -0.4 is 5.73 Å². The molecule has 0 saturated carbocycles. The number of rotatable bonds is 5. The Kier molecular flexibility index (Phi) is 4.92. The van der Waals surface area contributed by atoms with Gasteiger partial charge in [0.25, 0.3) is 0 Å². The Morgan fingerprint density at radius 3 is 2.21 bits per heavy atom. The van der Waals surface area contributed by atoms with Crippen LogP contribution in [0.25, 0.3) is 0 Å². The minimum Gasteiger partial charge on any atom is -0.384 e. The summed E-state index contributed by atoms with van der Waals surface area (Å²) < 4.78 is 12.7. The van der Waals surface area contributed by atoms with Crippen LogP contribution in [0.2, 0.25) is 0 Å². The first-order valence-corrected chi connectivity index (χ1v) is 3.83. The summed E-state index contributed by atoms with van der Waals surface area (Å²) in [6.45, 7) is 13.9. The number of allylic oxidation sites excluding steroid dienone is 5. The summed E-state index contributed by atoms with van der Waals surface area (Å²) in [6, 6.07) is 0. The van der Waals surface area contributed by atoms with Crippen LogP contribution in [-0.2, 0) is 0 Å². The zero-order chi connectivity index (χ0) is 11.1. The van der Waals surface area contributed by atoms with Crippen LogP contribution in [0.3, 0.4) is 0 Å². The number of nitrogens with two attached hydrogens (primary N) is 1. The molecule has 74 valence electrons. The maximum absolute atomic E-state index is 12.7. The van der Waals surface area contributed by atoms with Crippen molar-refractivity contribution in [2.45, 2.75) is 0 Å². The molecule has 0 aliphatic heterocycles. The van der Waals surface area contributed by atoms with Crippen molar-refractivity contribution in [1.82, 2.24) is 0 Å². The van der Waals surface area contributed by atoms with Crippen LogP contribution in [0.4, 0.5) is 4.39 Å². The van der Waals surface area contributed by atoms with Crippen LogP contribution in [-0.4, -0.2) is 6.21 Å². The molecule has 0 spiro atoms. The molecule has 0 aromatic heterocycles. The van der Waals surface area contributed by atoms with Crippen molar-refractivity contribution in [1.29, 1.82) is 0 Å². The zero-order valence-corrected chi connectivity index (χ0v) is 7.96. The summed E-state index contributed by atoms with van der Waals surface area (Å²) in [7, 11) is 0. The van der Waals surface area contributed by atoms with Gasteiger partial charge in [0.05, 0.1) is 0 Å². The zero-order valence-electron chi connectivity index (χ0n) is 7.96. The SMILES string of the molecule is C=C/C(F)=C\C(=C)C(=C)/C=N\C(=C)N. The normalized spacial score (nSPS) is 11.4. The molecule has 2 nitrogen and oxygen atoms in total. The molecule has 0 atom stereocenters. The molecular formula is C11H13FN2. The summed E-state index contributed by atoms with van der Waals surface area (Å²) in [6.07, 6.45) is 3.66. The number of hydrogen-bond acceptors (Lipinski definition) is 2. The second-order valence-corrected chi connectivity index (χ2v) is 2.53. The molecule has 0 amide bonds. The van der Waals surface area contributed by atoms with Crippen LogP contribution in [0.15, 0.2) is 66.3 Å². The summed E-state index contributed by atoms with van der Waals surface area (Å²) in [5.41, 5.74) is 6.08. The smallest absolute Gasteiger partial charge is 0.123 e. The van der Waals surface area contributed by atoms with Gasteiger partial charge in [-0.05, 0) is 23.3 Å². The van der Waals surface area contributed by atoms with E-state index < -0.39 is 5.83 Å². The van der Waals surface area contributed by atoms with Crippen LogP contribution >= 0.6 is 0 Å². The van der Waals surface area contributed by atoms with E-state index in [-0.39, 0.29) is 5.82 Å². The third-order valence-corrected chi connectivity index (χ3v) is 1.31. The summed E-state index contributed by atoms with van der Waals surface area (Å²) in [4.78, 5) is 3.70. The monoisotopic (exact) mass is 192 g/mol. The molecule has 0 heterocycles. The van der Waals surface area contributed by atoms with E-state index in [1.54, 1.807) is 0 Å². The molecule has 14 heavy (non-hydrogen) atoms. The Bertz CT molecular complexity index is 335. The molecule has 0 fully saturated rings. The van der Waals surface area contributed by atoms with Crippen molar-refractivity contribution in [3.63, 3.8) is 0 Å². The first-order chi connectivity index (χ1) is 6.47. The van der Waals surface area contributed by atoms with Crippen molar-refractivity contribution in [3.8, 4) is 0 Å². The van der Waals surface area contributed by atoms with E-state index in [0.29, 0.717) is 11.1 Å². The first-order valence-electron chi connectivity index (χ1n) is 3.83. The van der Waals surface area contributed by atoms with Gasteiger partial charge in [-0.1, -0.05) is 26.3 Å². The Morgan fingerprint density at radius 1 is 1.21 bits per heavy atom. The molecule has 0 bridgehead atoms. The summed E-state index contributed by atoms with van der Waals surface area (Å²) in [5.74, 6) is -0.316. The molecule has 0 radical (unpaired) electrons. The molecule has 0 saturated heterocycles. The fourth-order valence-electron chi connectivity index (χ4n) is 0.562. The van der Waals surface area contributed by atoms with E-state index in [0.717, 1.165) is 6.08 Å². The molecule has 0 unspecified atom stereocenters. The number of nitrogens with zero attached hydrogens (tertiary/aromatic N) is 1. The molecule has 0 aromatic carbocycles. The van der Waals surface area contributed by atoms with Gasteiger partial charge in [0.1, 0.15) is 11.6 Å². The third kappa shape index (κ3) is 4.87.